The standard InChI is InChI=1S/C8H7O2.Li/c1-6-2-3-7-8(4-6)10-5-9-7;/h2-4H,1,5H2;. The van der Waals surface area contributed by atoms with Gasteiger partial charge in [-0.15, -0.1) is 0 Å². The van der Waals surface area contributed by atoms with Gasteiger partial charge in [0.25, 0.3) is 0 Å². The molecule has 0 fully saturated rings. The first-order valence-corrected chi connectivity index (χ1v) is 3.78. The molecule has 1 aliphatic heterocycles. The molecule has 2 rings (SSSR count). The minimum atomic E-state index is 0.364. The molecule has 0 spiro atoms. The van der Waals surface area contributed by atoms with Crippen LogP contribution in [0, 0.1) is 0 Å². The third-order valence-corrected chi connectivity index (χ3v) is 1.85. The van der Waals surface area contributed by atoms with E-state index in [0.29, 0.717) is 6.79 Å². The van der Waals surface area contributed by atoms with Crippen LogP contribution in [0.3, 0.4) is 0 Å². The first kappa shape index (κ1) is 7.09. The molecule has 0 aliphatic carbocycles. The van der Waals surface area contributed by atoms with E-state index in [1.807, 2.05) is 12.1 Å². The van der Waals surface area contributed by atoms with Crippen molar-refractivity contribution in [2.45, 2.75) is 5.09 Å². The Labute approximate surface area is 74.7 Å². The van der Waals surface area contributed by atoms with Gasteiger partial charge < -0.3 is 0 Å². The van der Waals surface area contributed by atoms with E-state index in [9.17, 15) is 0 Å². The summed E-state index contributed by atoms with van der Waals surface area (Å²) in [5, 5.41) is 1.04. The molecule has 0 unspecified atom stereocenters. The van der Waals surface area contributed by atoms with Gasteiger partial charge in [0.1, 0.15) is 0 Å². The number of hydrogen-bond donors (Lipinski definition) is 0. The Balaban J connectivity index is 2.41. The maximum absolute atomic E-state index is 5.22. The summed E-state index contributed by atoms with van der Waals surface area (Å²) in [6.07, 6.45) is 0. The Kier molecular flexibility index (Phi) is 1.81. The molecule has 0 saturated heterocycles. The van der Waals surface area contributed by atoms with Gasteiger partial charge in [-0.3, -0.25) is 0 Å². The fraction of sp³-hybridized carbons (Fsp3) is 0.250. The Morgan fingerprint density at radius 3 is 2.91 bits per heavy atom. The summed E-state index contributed by atoms with van der Waals surface area (Å²) in [5.74, 6) is 1.74. The van der Waals surface area contributed by atoms with Gasteiger partial charge in [-0.1, -0.05) is 0 Å². The molecule has 0 amide bonds. The van der Waals surface area contributed by atoms with Crippen molar-refractivity contribution in [3.05, 3.63) is 23.8 Å². The van der Waals surface area contributed by atoms with Gasteiger partial charge in [-0.05, 0) is 0 Å². The third-order valence-electron chi connectivity index (χ3n) is 1.85. The number of ether oxygens (including phenoxy) is 2. The van der Waals surface area contributed by atoms with Crippen LogP contribution in [0.5, 0.6) is 11.5 Å². The zero-order valence-electron chi connectivity index (χ0n) is 6.46. The Bertz CT molecular complexity index is 273. The molecular weight excluding hydrogens is 135 g/mol. The van der Waals surface area contributed by atoms with E-state index in [0.717, 1.165) is 16.6 Å². The van der Waals surface area contributed by atoms with Crippen LogP contribution >= 0.6 is 0 Å². The minimum absolute atomic E-state index is 0.364. The van der Waals surface area contributed by atoms with Crippen molar-refractivity contribution in [1.29, 1.82) is 0 Å². The van der Waals surface area contributed by atoms with Crippen LogP contribution in [0.2, 0.25) is 0 Å². The molecule has 0 radical (unpaired) electrons. The fourth-order valence-corrected chi connectivity index (χ4v) is 1.16. The van der Waals surface area contributed by atoms with Crippen LogP contribution < -0.4 is 9.47 Å². The second-order valence-corrected chi connectivity index (χ2v) is 2.54. The number of benzene rings is 1. The molecule has 0 atom stereocenters. The van der Waals surface area contributed by atoms with Crippen LogP contribution in [0.15, 0.2) is 18.2 Å². The van der Waals surface area contributed by atoms with Crippen molar-refractivity contribution in [1.82, 2.24) is 0 Å². The second kappa shape index (κ2) is 2.81. The normalized spacial score (nSPS) is 13.6. The fourth-order valence-electron chi connectivity index (χ4n) is 1.16. The summed E-state index contributed by atoms with van der Waals surface area (Å²) < 4.78 is 10.4. The van der Waals surface area contributed by atoms with Gasteiger partial charge in [0.05, 0.1) is 0 Å². The first-order chi connectivity index (χ1) is 5.40. The maximum atomic E-state index is 5.22. The quantitative estimate of drug-likeness (QED) is 0.546. The zero-order chi connectivity index (χ0) is 7.68. The predicted octanol–water partition coefficient (Wildman–Crippen LogP) is 1.08. The summed E-state index contributed by atoms with van der Waals surface area (Å²) in [6.45, 7) is 0.364. The predicted molar refractivity (Wildman–Crippen MR) is 42.0 cm³/mol. The van der Waals surface area contributed by atoms with E-state index in [2.05, 4.69) is 23.8 Å². The molecular formula is C8H7LiO2. The van der Waals surface area contributed by atoms with E-state index in [1.54, 1.807) is 0 Å². The van der Waals surface area contributed by atoms with Gasteiger partial charge in [0.2, 0.25) is 0 Å². The molecule has 0 saturated carbocycles. The Morgan fingerprint density at radius 2 is 2.09 bits per heavy atom. The molecule has 11 heavy (non-hydrogen) atoms. The van der Waals surface area contributed by atoms with E-state index >= 15 is 0 Å². The number of rotatable bonds is 1. The van der Waals surface area contributed by atoms with Crippen LogP contribution in [0.4, 0.5) is 0 Å². The van der Waals surface area contributed by atoms with E-state index in [4.69, 9.17) is 9.47 Å². The van der Waals surface area contributed by atoms with Crippen molar-refractivity contribution in [2.24, 2.45) is 0 Å². The molecule has 1 aliphatic rings. The molecule has 0 aromatic heterocycles. The third kappa shape index (κ3) is 1.24. The average Bonchev–Trinajstić information content (AvgIpc) is 2.50. The zero-order valence-corrected chi connectivity index (χ0v) is 6.46. The van der Waals surface area contributed by atoms with Gasteiger partial charge in [-0.25, -0.2) is 0 Å². The number of fused-ring (bicyclic) bond motifs is 1. The van der Waals surface area contributed by atoms with Crippen molar-refractivity contribution >= 4 is 17.7 Å². The summed E-state index contributed by atoms with van der Waals surface area (Å²) >= 11 is 2.12. The van der Waals surface area contributed by atoms with Crippen LogP contribution in [0.25, 0.3) is 0 Å². The van der Waals surface area contributed by atoms with Crippen LogP contribution in [-0.4, -0.2) is 24.5 Å². The van der Waals surface area contributed by atoms with Crippen molar-refractivity contribution in [2.75, 3.05) is 6.79 Å². The summed E-state index contributed by atoms with van der Waals surface area (Å²) in [5.41, 5.74) is 1.29. The van der Waals surface area contributed by atoms with Gasteiger partial charge in [0, 0.05) is 0 Å². The first-order valence-electron chi connectivity index (χ1n) is 3.78. The average molecular weight is 142 g/mol. The van der Waals surface area contributed by atoms with Crippen molar-refractivity contribution < 1.29 is 9.47 Å². The summed E-state index contributed by atoms with van der Waals surface area (Å²) in [6, 6.07) is 6.05. The Morgan fingerprint density at radius 1 is 1.27 bits per heavy atom. The van der Waals surface area contributed by atoms with E-state index in [-0.39, 0.29) is 0 Å². The molecule has 0 N–H and O–H groups in total. The Hall–Kier alpha value is -0.583. The molecule has 52 valence electrons. The summed E-state index contributed by atoms with van der Waals surface area (Å²) in [4.78, 5) is 0. The van der Waals surface area contributed by atoms with Crippen LogP contribution in [-0.2, 0) is 5.09 Å². The topological polar surface area (TPSA) is 18.5 Å². The molecule has 1 heterocycles. The molecule has 3 heteroatoms. The molecule has 1 aromatic rings. The van der Waals surface area contributed by atoms with Crippen LogP contribution in [0.1, 0.15) is 5.56 Å². The van der Waals surface area contributed by atoms with Crippen molar-refractivity contribution in [3.63, 3.8) is 0 Å². The van der Waals surface area contributed by atoms with E-state index < -0.39 is 0 Å². The number of hydrogen-bond acceptors (Lipinski definition) is 2. The van der Waals surface area contributed by atoms with Crippen molar-refractivity contribution in [3.8, 4) is 11.5 Å². The molecule has 1 aromatic carbocycles. The van der Waals surface area contributed by atoms with Gasteiger partial charge >= 0.3 is 74.3 Å². The van der Waals surface area contributed by atoms with Gasteiger partial charge in [0.15, 0.2) is 0 Å². The SMILES string of the molecule is [Li][CH2]c1ccc2c(c1)OCO2. The van der Waals surface area contributed by atoms with E-state index in [1.165, 1.54) is 5.56 Å². The molecule has 2 nitrogen and oxygen atoms in total. The molecule has 0 bridgehead atoms. The van der Waals surface area contributed by atoms with Gasteiger partial charge in [-0.2, -0.15) is 0 Å². The second-order valence-electron chi connectivity index (χ2n) is 2.54. The monoisotopic (exact) mass is 142 g/mol. The summed E-state index contributed by atoms with van der Waals surface area (Å²) in [7, 11) is 0.